The number of nitrogens with zero attached hydrogens (tertiary/aromatic N) is 4. The van der Waals surface area contributed by atoms with E-state index in [4.69, 9.17) is 0 Å². The van der Waals surface area contributed by atoms with E-state index in [0.29, 0.717) is 12.8 Å². The highest BCUT2D eigenvalue weighted by Crippen LogP contribution is 2.24. The van der Waals surface area contributed by atoms with Gasteiger partial charge in [-0.15, -0.1) is 0 Å². The van der Waals surface area contributed by atoms with Gasteiger partial charge in [-0.3, -0.25) is 40.5 Å². The molecule has 0 aromatic rings. The van der Waals surface area contributed by atoms with Crippen LogP contribution in [0.15, 0.2) is 0 Å². The fraction of sp³-hybridized carbons (Fsp3) is 1.00. The SMILES string of the molecule is CCCCCC([N+](=O)[O-])C([N+](=O)[O-])([N+](=O)[O-])[N+](=O)[O-]. The predicted octanol–water partition coefficient (Wildman–Crippen LogP) is 0.696. The molecule has 0 aliphatic rings. The van der Waals surface area contributed by atoms with Crippen LogP contribution < -0.4 is 0 Å². The van der Waals surface area contributed by atoms with Crippen LogP contribution in [0.4, 0.5) is 0 Å². The quantitative estimate of drug-likeness (QED) is 0.256. The minimum absolute atomic E-state index is 0.0550. The summed E-state index contributed by atoms with van der Waals surface area (Å²) in [5.41, 5.74) is 0. The maximum absolute atomic E-state index is 10.7. The van der Waals surface area contributed by atoms with Gasteiger partial charge in [-0.25, -0.2) is 0 Å². The monoisotopic (exact) mass is 280 g/mol. The second kappa shape index (κ2) is 6.51. The minimum atomic E-state index is -4.04. The molecule has 1 atom stereocenters. The third kappa shape index (κ3) is 3.08. The van der Waals surface area contributed by atoms with Crippen molar-refractivity contribution < 1.29 is 19.7 Å². The Morgan fingerprint density at radius 3 is 1.58 bits per heavy atom. The maximum Gasteiger partial charge on any atom is 0.767 e. The van der Waals surface area contributed by atoms with E-state index >= 15 is 0 Å². The van der Waals surface area contributed by atoms with Gasteiger partial charge in [-0.05, 0) is 6.42 Å². The molecule has 12 nitrogen and oxygen atoms in total. The van der Waals surface area contributed by atoms with Crippen LogP contribution in [-0.2, 0) is 0 Å². The van der Waals surface area contributed by atoms with Gasteiger partial charge in [0, 0.05) is 11.3 Å². The molecule has 0 radical (unpaired) electrons. The summed E-state index contributed by atoms with van der Waals surface area (Å²) in [7, 11) is 0. The Labute approximate surface area is 106 Å². The molecule has 108 valence electrons. The number of hydrogen-bond acceptors (Lipinski definition) is 8. The lowest BCUT2D eigenvalue weighted by Crippen LogP contribution is -2.63. The fourth-order valence-electron chi connectivity index (χ4n) is 1.59. The molecule has 0 aliphatic carbocycles. The molecule has 0 saturated carbocycles. The first kappa shape index (κ1) is 16.6. The highest BCUT2D eigenvalue weighted by molar-refractivity contribution is 4.68. The minimum Gasteiger partial charge on any atom is -0.263 e. The summed E-state index contributed by atoms with van der Waals surface area (Å²) >= 11 is 0. The first-order valence-corrected chi connectivity index (χ1v) is 5.29. The molecular weight excluding hydrogens is 268 g/mol. The van der Waals surface area contributed by atoms with Gasteiger partial charge in [0.25, 0.3) is 0 Å². The number of nitro groups is 4. The number of hydrogen-bond donors (Lipinski definition) is 0. The molecule has 0 heterocycles. The smallest absolute Gasteiger partial charge is 0.263 e. The van der Waals surface area contributed by atoms with Crippen molar-refractivity contribution in [3.63, 3.8) is 0 Å². The van der Waals surface area contributed by atoms with Crippen LogP contribution in [0.2, 0.25) is 0 Å². The van der Waals surface area contributed by atoms with E-state index in [2.05, 4.69) is 0 Å². The molecule has 19 heavy (non-hydrogen) atoms. The van der Waals surface area contributed by atoms with E-state index in [1.807, 2.05) is 0 Å². The van der Waals surface area contributed by atoms with Gasteiger partial charge in [-0.1, -0.05) is 19.8 Å². The largest absolute Gasteiger partial charge is 0.767 e. The standard InChI is InChI=1S/C7H12N4O8/c1-2-3-4-5-6(8(12)13)7(9(14)15,10(16)17)11(18)19/h6H,2-5H2,1H3. The van der Waals surface area contributed by atoms with Crippen LogP contribution in [0.3, 0.4) is 0 Å². The van der Waals surface area contributed by atoms with Gasteiger partial charge >= 0.3 is 11.8 Å². The first-order valence-electron chi connectivity index (χ1n) is 5.29. The molecule has 0 aliphatic heterocycles. The van der Waals surface area contributed by atoms with E-state index in [-0.39, 0.29) is 6.42 Å². The van der Waals surface area contributed by atoms with E-state index in [9.17, 15) is 40.5 Å². The lowest BCUT2D eigenvalue weighted by Gasteiger charge is -2.12. The lowest BCUT2D eigenvalue weighted by atomic mass is 10.0. The Kier molecular flexibility index (Phi) is 5.69. The molecule has 0 aromatic carbocycles. The Hall–Kier alpha value is -2.40. The van der Waals surface area contributed by atoms with Crippen molar-refractivity contribution in [1.29, 1.82) is 0 Å². The topological polar surface area (TPSA) is 173 Å². The van der Waals surface area contributed by atoms with E-state index in [1.165, 1.54) is 0 Å². The van der Waals surface area contributed by atoms with E-state index in [0.717, 1.165) is 0 Å². The summed E-state index contributed by atoms with van der Waals surface area (Å²) in [6.45, 7) is 1.74. The summed E-state index contributed by atoms with van der Waals surface area (Å²) in [6.07, 6.45) is 0.476. The highest BCUT2D eigenvalue weighted by Gasteiger charge is 2.82. The van der Waals surface area contributed by atoms with E-state index < -0.39 is 37.9 Å². The van der Waals surface area contributed by atoms with Gasteiger partial charge in [0.2, 0.25) is 0 Å². The van der Waals surface area contributed by atoms with Crippen molar-refractivity contribution in [3.05, 3.63) is 40.5 Å². The third-order valence-electron chi connectivity index (χ3n) is 2.59. The summed E-state index contributed by atoms with van der Waals surface area (Å²) in [4.78, 5) is 36.1. The molecule has 0 aromatic heterocycles. The molecule has 0 amide bonds. The number of unbranched alkanes of at least 4 members (excludes halogenated alkanes) is 2. The maximum atomic E-state index is 10.7. The van der Waals surface area contributed by atoms with Gasteiger partial charge in [-0.2, -0.15) is 0 Å². The van der Waals surface area contributed by atoms with Crippen LogP contribution in [0, 0.1) is 40.5 Å². The van der Waals surface area contributed by atoms with Gasteiger partial charge in [0.05, 0.1) is 0 Å². The summed E-state index contributed by atoms with van der Waals surface area (Å²) in [6, 6.07) is -2.51. The summed E-state index contributed by atoms with van der Waals surface area (Å²) < 4.78 is 0. The average molecular weight is 280 g/mol. The Morgan fingerprint density at radius 2 is 1.32 bits per heavy atom. The van der Waals surface area contributed by atoms with Gasteiger partial charge in [0.15, 0.2) is 14.8 Å². The number of rotatable bonds is 9. The van der Waals surface area contributed by atoms with Crippen molar-refractivity contribution in [2.45, 2.75) is 44.4 Å². The predicted molar refractivity (Wildman–Crippen MR) is 58.6 cm³/mol. The van der Waals surface area contributed by atoms with Crippen LogP contribution in [0.25, 0.3) is 0 Å². The van der Waals surface area contributed by atoms with Crippen LogP contribution in [0.1, 0.15) is 32.6 Å². The van der Waals surface area contributed by atoms with Crippen molar-refractivity contribution in [1.82, 2.24) is 0 Å². The summed E-state index contributed by atoms with van der Waals surface area (Å²) in [5, 5.41) is 42.8. The molecule has 12 heteroatoms. The summed E-state index contributed by atoms with van der Waals surface area (Å²) in [5.74, 6) is -4.04. The normalized spacial score (nSPS) is 12.7. The van der Waals surface area contributed by atoms with Gasteiger partial charge < -0.3 is 0 Å². The van der Waals surface area contributed by atoms with Crippen molar-refractivity contribution in [2.24, 2.45) is 0 Å². The molecule has 0 N–H and O–H groups in total. The third-order valence-corrected chi connectivity index (χ3v) is 2.59. The van der Waals surface area contributed by atoms with Crippen LogP contribution >= 0.6 is 0 Å². The molecule has 0 bridgehead atoms. The Balaban J connectivity index is 5.62. The Bertz CT molecular complexity index is 361. The highest BCUT2D eigenvalue weighted by atomic mass is 16.7. The van der Waals surface area contributed by atoms with Crippen molar-refractivity contribution in [2.75, 3.05) is 0 Å². The zero-order chi connectivity index (χ0) is 15.2. The van der Waals surface area contributed by atoms with Crippen molar-refractivity contribution >= 4 is 0 Å². The molecular formula is C7H12N4O8. The fourth-order valence-corrected chi connectivity index (χ4v) is 1.59. The molecule has 0 fully saturated rings. The Morgan fingerprint density at radius 1 is 0.895 bits per heavy atom. The van der Waals surface area contributed by atoms with E-state index in [1.54, 1.807) is 6.92 Å². The van der Waals surface area contributed by atoms with Crippen molar-refractivity contribution in [3.8, 4) is 0 Å². The average Bonchev–Trinajstić information content (AvgIpc) is 2.26. The molecule has 0 saturated heterocycles. The molecule has 0 rings (SSSR count). The lowest BCUT2D eigenvalue weighted by molar-refractivity contribution is -0.993. The second-order valence-corrected chi connectivity index (χ2v) is 3.76. The zero-order valence-corrected chi connectivity index (χ0v) is 9.96. The first-order chi connectivity index (χ1) is 8.72. The molecule has 0 spiro atoms. The second-order valence-electron chi connectivity index (χ2n) is 3.76. The van der Waals surface area contributed by atoms with Gasteiger partial charge in [0.1, 0.15) is 0 Å². The zero-order valence-electron chi connectivity index (χ0n) is 9.96. The van der Waals surface area contributed by atoms with Crippen LogP contribution in [0.5, 0.6) is 0 Å². The molecule has 1 unspecified atom stereocenters. The van der Waals surface area contributed by atoms with Crippen LogP contribution in [-0.4, -0.2) is 31.5 Å².